The maximum atomic E-state index is 2.59. The molecule has 2 bridgehead atoms. The van der Waals surface area contributed by atoms with E-state index in [1.54, 1.807) is 0 Å². The van der Waals surface area contributed by atoms with E-state index in [1.807, 2.05) is 0 Å². The van der Waals surface area contributed by atoms with Gasteiger partial charge in [-0.25, -0.2) is 0 Å². The van der Waals surface area contributed by atoms with Crippen LogP contribution in [-0.2, 0) is 5.41 Å². The van der Waals surface area contributed by atoms with Crippen molar-refractivity contribution in [3.63, 3.8) is 0 Å². The third-order valence-electron chi connectivity index (χ3n) is 15.0. The van der Waals surface area contributed by atoms with Crippen molar-refractivity contribution in [1.29, 1.82) is 0 Å². The molecule has 0 radical (unpaired) electrons. The van der Waals surface area contributed by atoms with Gasteiger partial charge >= 0.3 is 0 Å². The Morgan fingerprint density at radius 2 is 1.15 bits per heavy atom. The maximum absolute atomic E-state index is 2.59. The van der Waals surface area contributed by atoms with Crippen molar-refractivity contribution < 1.29 is 0 Å². The van der Waals surface area contributed by atoms with Gasteiger partial charge < -0.3 is 4.90 Å². The monoisotopic (exact) mass is 765 g/mol. The van der Waals surface area contributed by atoms with Crippen LogP contribution in [0.15, 0.2) is 164 Å². The molecule has 4 aliphatic rings. The Morgan fingerprint density at radius 3 is 1.92 bits per heavy atom. The van der Waals surface area contributed by atoms with Crippen LogP contribution >= 0.6 is 0 Å². The third kappa shape index (κ3) is 6.37. The van der Waals surface area contributed by atoms with E-state index in [0.717, 1.165) is 11.8 Å². The fourth-order valence-corrected chi connectivity index (χ4v) is 12.0. The SMILES string of the molecule is CC1(C)c2ccccc2-c2cc(-c3ccccc3-c3ccccc3)c(N(c3ccc(C4CC5CCC4C5)cc3)c3cccc(-c4ccccc4C4CCCCC4)c3)cc21. The molecule has 59 heavy (non-hydrogen) atoms. The average molecular weight is 766 g/mol. The van der Waals surface area contributed by atoms with Gasteiger partial charge in [-0.3, -0.25) is 0 Å². The molecule has 1 heteroatoms. The van der Waals surface area contributed by atoms with E-state index in [2.05, 4.69) is 183 Å². The standard InChI is InChI=1S/C58H55N/c1-58(2)55-27-14-13-26-51(55)53-37-54(50-25-12-11-23-48(50)41-18-7-4-8-19-41)57(38-56(53)58)59(45-32-30-42(31-33-45)52-35-39-28-29-44(52)34-39)46-21-15-20-43(36-46)49-24-10-9-22-47(49)40-16-5-3-6-17-40/h4,7-15,18-27,30-33,36-40,44,52H,3,5-6,16-17,28-29,34-35H2,1-2H3. The smallest absolute Gasteiger partial charge is 0.0543 e. The second kappa shape index (κ2) is 14.9. The van der Waals surface area contributed by atoms with Gasteiger partial charge in [0.2, 0.25) is 0 Å². The van der Waals surface area contributed by atoms with Gasteiger partial charge in [-0.1, -0.05) is 167 Å². The van der Waals surface area contributed by atoms with Crippen LogP contribution in [0.1, 0.15) is 106 Å². The fourth-order valence-electron chi connectivity index (χ4n) is 12.0. The maximum Gasteiger partial charge on any atom is 0.0543 e. The number of fused-ring (bicyclic) bond motifs is 5. The number of nitrogens with zero attached hydrogens (tertiary/aromatic N) is 1. The van der Waals surface area contributed by atoms with Gasteiger partial charge in [0.15, 0.2) is 0 Å². The van der Waals surface area contributed by atoms with E-state index in [-0.39, 0.29) is 5.41 Å². The number of benzene rings is 7. The van der Waals surface area contributed by atoms with Crippen molar-refractivity contribution in [3.05, 3.63) is 186 Å². The first-order valence-electron chi connectivity index (χ1n) is 22.5. The first-order valence-corrected chi connectivity index (χ1v) is 22.5. The lowest BCUT2D eigenvalue weighted by atomic mass is 9.80. The fraction of sp³-hybridized carbons (Fsp3) is 0.276. The number of anilines is 3. The van der Waals surface area contributed by atoms with Crippen molar-refractivity contribution in [1.82, 2.24) is 0 Å². The second-order valence-electron chi connectivity index (χ2n) is 18.7. The molecule has 11 rings (SSSR count). The Hall–Kier alpha value is -5.66. The summed E-state index contributed by atoms with van der Waals surface area (Å²) in [6, 6.07) is 62.7. The highest BCUT2D eigenvalue weighted by molar-refractivity contribution is 5.98. The topological polar surface area (TPSA) is 3.24 Å². The summed E-state index contributed by atoms with van der Waals surface area (Å²) >= 11 is 0. The van der Waals surface area contributed by atoms with E-state index in [4.69, 9.17) is 0 Å². The highest BCUT2D eigenvalue weighted by atomic mass is 15.1. The zero-order chi connectivity index (χ0) is 39.5. The molecule has 7 aromatic carbocycles. The van der Waals surface area contributed by atoms with Crippen LogP contribution in [0.3, 0.4) is 0 Å². The Morgan fingerprint density at radius 1 is 0.458 bits per heavy atom. The molecule has 0 amide bonds. The van der Waals surface area contributed by atoms with Crippen LogP contribution in [0.25, 0.3) is 44.5 Å². The van der Waals surface area contributed by atoms with Crippen molar-refractivity contribution in [2.24, 2.45) is 11.8 Å². The molecule has 292 valence electrons. The number of hydrogen-bond donors (Lipinski definition) is 0. The molecule has 0 aromatic heterocycles. The lowest BCUT2D eigenvalue weighted by molar-refractivity contribution is 0.420. The van der Waals surface area contributed by atoms with E-state index < -0.39 is 0 Å². The van der Waals surface area contributed by atoms with Crippen LogP contribution < -0.4 is 4.90 Å². The minimum Gasteiger partial charge on any atom is -0.310 e. The predicted molar refractivity (Wildman–Crippen MR) is 249 cm³/mol. The van der Waals surface area contributed by atoms with E-state index >= 15 is 0 Å². The van der Waals surface area contributed by atoms with E-state index in [0.29, 0.717) is 11.8 Å². The number of rotatable bonds is 8. The molecule has 3 saturated carbocycles. The highest BCUT2D eigenvalue weighted by Gasteiger charge is 2.40. The van der Waals surface area contributed by atoms with Crippen molar-refractivity contribution in [2.45, 2.75) is 88.9 Å². The zero-order valence-corrected chi connectivity index (χ0v) is 34.7. The highest BCUT2D eigenvalue weighted by Crippen LogP contribution is 2.56. The van der Waals surface area contributed by atoms with Crippen molar-refractivity contribution in [3.8, 4) is 44.5 Å². The molecule has 0 saturated heterocycles. The third-order valence-corrected chi connectivity index (χ3v) is 15.0. The molecule has 3 unspecified atom stereocenters. The molecule has 0 aliphatic heterocycles. The van der Waals surface area contributed by atoms with E-state index in [9.17, 15) is 0 Å². The zero-order valence-electron chi connectivity index (χ0n) is 34.7. The molecule has 7 aromatic rings. The summed E-state index contributed by atoms with van der Waals surface area (Å²) in [6.45, 7) is 4.83. The first-order chi connectivity index (χ1) is 29.0. The van der Waals surface area contributed by atoms with Crippen molar-refractivity contribution >= 4 is 17.1 Å². The normalized spacial score (nSPS) is 20.3. The molecular formula is C58H55N. The van der Waals surface area contributed by atoms with Crippen LogP contribution in [0.2, 0.25) is 0 Å². The van der Waals surface area contributed by atoms with Crippen LogP contribution in [-0.4, -0.2) is 0 Å². The van der Waals surface area contributed by atoms with Crippen molar-refractivity contribution in [2.75, 3.05) is 4.90 Å². The van der Waals surface area contributed by atoms with Gasteiger partial charge in [0.1, 0.15) is 0 Å². The average Bonchev–Trinajstić information content (AvgIpc) is 4.00. The van der Waals surface area contributed by atoms with Gasteiger partial charge in [-0.2, -0.15) is 0 Å². The Bertz CT molecular complexity index is 2640. The molecule has 3 fully saturated rings. The summed E-state index contributed by atoms with van der Waals surface area (Å²) in [4.78, 5) is 2.59. The summed E-state index contributed by atoms with van der Waals surface area (Å²) in [5.41, 5.74) is 19.7. The summed E-state index contributed by atoms with van der Waals surface area (Å²) in [5.74, 6) is 3.10. The molecule has 0 spiro atoms. The van der Waals surface area contributed by atoms with Crippen LogP contribution in [0, 0.1) is 11.8 Å². The lowest BCUT2D eigenvalue weighted by Gasteiger charge is -2.32. The summed E-state index contributed by atoms with van der Waals surface area (Å²) in [6.07, 6.45) is 12.2. The molecule has 1 nitrogen and oxygen atoms in total. The van der Waals surface area contributed by atoms with Gasteiger partial charge in [0, 0.05) is 22.4 Å². The first kappa shape index (κ1) is 36.4. The quantitative estimate of drug-likeness (QED) is 0.149. The molecule has 0 N–H and O–H groups in total. The largest absolute Gasteiger partial charge is 0.310 e. The Balaban J connectivity index is 1.14. The number of hydrogen-bond acceptors (Lipinski definition) is 1. The molecule has 0 heterocycles. The Kier molecular flexibility index (Phi) is 9.18. The lowest BCUT2D eigenvalue weighted by Crippen LogP contribution is -2.17. The van der Waals surface area contributed by atoms with Crippen LogP contribution in [0.4, 0.5) is 17.1 Å². The minimum atomic E-state index is -0.143. The minimum absolute atomic E-state index is 0.143. The van der Waals surface area contributed by atoms with Crippen LogP contribution in [0.5, 0.6) is 0 Å². The molecule has 3 atom stereocenters. The van der Waals surface area contributed by atoms with E-state index in [1.165, 1.54) is 142 Å². The summed E-state index contributed by atoms with van der Waals surface area (Å²) in [5, 5.41) is 0. The summed E-state index contributed by atoms with van der Waals surface area (Å²) in [7, 11) is 0. The predicted octanol–water partition coefficient (Wildman–Crippen LogP) is 16.4. The van der Waals surface area contributed by atoms with Gasteiger partial charge in [-0.05, 0) is 153 Å². The second-order valence-corrected chi connectivity index (χ2v) is 18.7. The molecular weight excluding hydrogens is 711 g/mol. The molecule has 4 aliphatic carbocycles. The van der Waals surface area contributed by atoms with Gasteiger partial charge in [0.25, 0.3) is 0 Å². The summed E-state index contributed by atoms with van der Waals surface area (Å²) < 4.78 is 0. The van der Waals surface area contributed by atoms with Gasteiger partial charge in [0.05, 0.1) is 5.69 Å². The van der Waals surface area contributed by atoms with Gasteiger partial charge in [-0.15, -0.1) is 0 Å². The Labute approximate surface area is 351 Å².